The fraction of sp³-hybridized carbons (Fsp3) is 0.370. The maximum atomic E-state index is 12.8. The number of aliphatic imine (C=N–C) groups is 1. The van der Waals surface area contributed by atoms with E-state index in [0.717, 1.165) is 33.6 Å². The minimum Gasteiger partial charge on any atom is -0.378 e. The van der Waals surface area contributed by atoms with E-state index in [0.29, 0.717) is 58.0 Å². The Morgan fingerprint density at radius 1 is 1.03 bits per heavy atom. The molecule has 3 aromatic heterocycles. The highest BCUT2D eigenvalue weighted by atomic mass is 16.5. The molecule has 0 radical (unpaired) electrons. The van der Waals surface area contributed by atoms with E-state index < -0.39 is 0 Å². The predicted molar refractivity (Wildman–Crippen MR) is 144 cm³/mol. The Bertz CT molecular complexity index is 1440. The monoisotopic (exact) mass is 513 g/mol. The Hall–Kier alpha value is -4.43. The first-order valence-corrected chi connectivity index (χ1v) is 12.6. The average Bonchev–Trinajstić information content (AvgIpc) is 3.59. The minimum atomic E-state index is 0.0763. The minimum absolute atomic E-state index is 0.0763. The summed E-state index contributed by atoms with van der Waals surface area (Å²) in [6, 6.07) is 4.39. The Kier molecular flexibility index (Phi) is 7.24. The molecule has 0 saturated carbocycles. The molecule has 2 amide bonds. The third-order valence-electron chi connectivity index (χ3n) is 7.00. The van der Waals surface area contributed by atoms with E-state index >= 15 is 0 Å². The summed E-state index contributed by atoms with van der Waals surface area (Å²) in [6.07, 6.45) is 11.2. The highest BCUT2D eigenvalue weighted by Gasteiger charge is 2.27. The van der Waals surface area contributed by atoms with Gasteiger partial charge in [0.1, 0.15) is 11.9 Å². The van der Waals surface area contributed by atoms with Gasteiger partial charge in [-0.05, 0) is 31.4 Å². The van der Waals surface area contributed by atoms with Crippen LogP contribution in [0.2, 0.25) is 0 Å². The van der Waals surface area contributed by atoms with Crippen LogP contribution in [0.25, 0.3) is 22.2 Å². The van der Waals surface area contributed by atoms with Gasteiger partial charge in [0.15, 0.2) is 0 Å². The maximum Gasteiger partial charge on any atom is 0.320 e. The second-order valence-corrected chi connectivity index (χ2v) is 9.40. The van der Waals surface area contributed by atoms with Crippen molar-refractivity contribution >= 4 is 23.8 Å². The molecular formula is C27H31N9O2. The molecule has 0 aliphatic carbocycles. The summed E-state index contributed by atoms with van der Waals surface area (Å²) in [6.45, 7) is 10.9. The van der Waals surface area contributed by atoms with Crippen molar-refractivity contribution < 1.29 is 9.53 Å². The lowest BCUT2D eigenvalue weighted by Crippen LogP contribution is -2.54. The number of allylic oxidation sites excluding steroid dienone is 3. The van der Waals surface area contributed by atoms with Crippen LogP contribution in [0.3, 0.4) is 0 Å². The number of morpholine rings is 1. The van der Waals surface area contributed by atoms with Gasteiger partial charge in [-0.15, -0.1) is 0 Å². The number of aromatic nitrogens is 4. The molecule has 38 heavy (non-hydrogen) atoms. The second-order valence-electron chi connectivity index (χ2n) is 9.40. The zero-order chi connectivity index (χ0) is 26.6. The Balaban J connectivity index is 1.37. The molecule has 2 saturated heterocycles. The van der Waals surface area contributed by atoms with Gasteiger partial charge < -0.3 is 19.4 Å². The van der Waals surface area contributed by atoms with E-state index in [1.165, 1.54) is 0 Å². The fourth-order valence-electron chi connectivity index (χ4n) is 4.86. The number of urea groups is 1. The first kappa shape index (κ1) is 25.2. The van der Waals surface area contributed by atoms with Crippen molar-refractivity contribution in [2.24, 2.45) is 12.0 Å². The van der Waals surface area contributed by atoms with Crippen molar-refractivity contribution in [1.29, 1.82) is 5.26 Å². The summed E-state index contributed by atoms with van der Waals surface area (Å²) in [5.41, 5.74) is 5.04. The number of nitriles is 1. The summed E-state index contributed by atoms with van der Waals surface area (Å²) < 4.78 is 8.86. The summed E-state index contributed by atoms with van der Waals surface area (Å²) in [5, 5.41) is 18.4. The van der Waals surface area contributed by atoms with E-state index in [4.69, 9.17) is 4.74 Å². The zero-order valence-corrected chi connectivity index (χ0v) is 21.7. The number of pyridine rings is 1. The molecule has 3 aromatic rings. The quantitative estimate of drug-likeness (QED) is 0.384. The molecule has 5 rings (SSSR count). The smallest absolute Gasteiger partial charge is 0.320 e. The van der Waals surface area contributed by atoms with Gasteiger partial charge in [-0.2, -0.15) is 15.5 Å². The van der Waals surface area contributed by atoms with Crippen molar-refractivity contribution in [2.45, 2.75) is 6.92 Å². The van der Waals surface area contributed by atoms with E-state index in [1.807, 2.05) is 54.5 Å². The second kappa shape index (κ2) is 10.9. The third kappa shape index (κ3) is 5.03. The largest absolute Gasteiger partial charge is 0.378 e. The Morgan fingerprint density at radius 3 is 2.39 bits per heavy atom. The molecule has 0 aromatic carbocycles. The molecule has 0 spiro atoms. The van der Waals surface area contributed by atoms with Crippen molar-refractivity contribution in [3.8, 4) is 17.2 Å². The van der Waals surface area contributed by atoms with E-state index in [9.17, 15) is 10.1 Å². The van der Waals surface area contributed by atoms with Crippen LogP contribution in [0, 0.1) is 11.3 Å². The molecule has 2 aliphatic rings. The van der Waals surface area contributed by atoms with E-state index in [-0.39, 0.29) is 6.03 Å². The molecule has 5 heterocycles. The van der Waals surface area contributed by atoms with Gasteiger partial charge in [0.25, 0.3) is 0 Å². The van der Waals surface area contributed by atoms with Gasteiger partial charge in [-0.25, -0.2) is 14.3 Å². The average molecular weight is 514 g/mol. The predicted octanol–water partition coefficient (Wildman–Crippen LogP) is 2.62. The van der Waals surface area contributed by atoms with Gasteiger partial charge in [0, 0.05) is 75.4 Å². The highest BCUT2D eigenvalue weighted by molar-refractivity contribution is 5.84. The molecule has 0 N–H and O–H groups in total. The number of ether oxygens (including phenoxy) is 1. The summed E-state index contributed by atoms with van der Waals surface area (Å²) >= 11 is 0. The number of piperazine rings is 1. The number of hydrogen-bond donors (Lipinski definition) is 0. The lowest BCUT2D eigenvalue weighted by atomic mass is 10.0. The van der Waals surface area contributed by atoms with Crippen LogP contribution in [-0.2, 0) is 11.8 Å². The van der Waals surface area contributed by atoms with Crippen LogP contribution >= 0.6 is 0 Å². The lowest BCUT2D eigenvalue weighted by Gasteiger charge is -2.39. The summed E-state index contributed by atoms with van der Waals surface area (Å²) in [4.78, 5) is 23.0. The molecule has 11 heteroatoms. The first-order valence-electron chi connectivity index (χ1n) is 12.6. The molecule has 0 unspecified atom stereocenters. The zero-order valence-electron chi connectivity index (χ0n) is 21.7. The summed E-state index contributed by atoms with van der Waals surface area (Å²) in [7, 11) is 1.88. The normalized spacial score (nSPS) is 17.1. The number of rotatable bonds is 5. The van der Waals surface area contributed by atoms with Crippen molar-refractivity contribution in [1.82, 2.24) is 34.1 Å². The molecule has 0 atom stereocenters. The topological polar surface area (TPSA) is 107 Å². The lowest BCUT2D eigenvalue weighted by molar-refractivity contribution is 0.0391. The summed E-state index contributed by atoms with van der Waals surface area (Å²) in [5.74, 6) is 0.747. The van der Waals surface area contributed by atoms with Gasteiger partial charge in [-0.1, -0.05) is 6.08 Å². The standard InChI is InChI=1S/C27H31N9O2/c1-20(24-14-21(23-17-30-32(3)18-23)19-36-26(24)22(15-28)16-31-36)4-5-25(29-2)33-6-8-34(9-7-33)27(37)35-10-12-38-13-11-35/h4-5,14,16-19H,2,6-13H2,1,3H3/b20-4+,25-5+. The molecule has 11 nitrogen and oxygen atoms in total. The van der Waals surface area contributed by atoms with Crippen LogP contribution in [0.5, 0.6) is 0 Å². The van der Waals surface area contributed by atoms with Crippen molar-refractivity contribution in [3.63, 3.8) is 0 Å². The number of aryl methyl sites for hydroxylation is 1. The molecule has 0 bridgehead atoms. The Morgan fingerprint density at radius 2 is 1.74 bits per heavy atom. The van der Waals surface area contributed by atoms with Gasteiger partial charge in [0.2, 0.25) is 0 Å². The first-order chi connectivity index (χ1) is 18.5. The Labute approximate surface area is 221 Å². The van der Waals surface area contributed by atoms with Crippen molar-refractivity contribution in [2.75, 3.05) is 52.5 Å². The van der Waals surface area contributed by atoms with Gasteiger partial charge >= 0.3 is 6.03 Å². The third-order valence-corrected chi connectivity index (χ3v) is 7.00. The molecule has 2 aliphatic heterocycles. The number of nitrogens with zero attached hydrogens (tertiary/aromatic N) is 9. The van der Waals surface area contributed by atoms with Gasteiger partial charge in [0.05, 0.1) is 36.7 Å². The van der Waals surface area contributed by atoms with E-state index in [1.54, 1.807) is 15.4 Å². The molecule has 196 valence electrons. The molecular weight excluding hydrogens is 482 g/mol. The van der Waals surface area contributed by atoms with Crippen molar-refractivity contribution in [3.05, 3.63) is 60.0 Å². The highest BCUT2D eigenvalue weighted by Crippen LogP contribution is 2.29. The number of carbonyl (C=O) groups is 1. The number of carbonyl (C=O) groups excluding carboxylic acids is 1. The van der Waals surface area contributed by atoms with Crippen LogP contribution in [-0.4, -0.2) is 99.3 Å². The van der Waals surface area contributed by atoms with Crippen LogP contribution in [0.4, 0.5) is 4.79 Å². The number of fused-ring (bicyclic) bond motifs is 1. The van der Waals surface area contributed by atoms with Gasteiger partial charge in [-0.3, -0.25) is 4.68 Å². The number of hydrogen-bond acceptors (Lipinski definition) is 7. The molecule has 2 fully saturated rings. The van der Waals surface area contributed by atoms with Crippen LogP contribution < -0.4 is 0 Å². The van der Waals surface area contributed by atoms with Crippen LogP contribution in [0.15, 0.2) is 53.8 Å². The fourth-order valence-corrected chi connectivity index (χ4v) is 4.86. The maximum absolute atomic E-state index is 12.8. The van der Waals surface area contributed by atoms with Crippen LogP contribution in [0.1, 0.15) is 18.1 Å². The number of amides is 2. The van der Waals surface area contributed by atoms with E-state index in [2.05, 4.69) is 38.9 Å². The SMILES string of the molecule is C=N/C(=C\C=C(/C)c1cc(-c2cnn(C)c2)cn2ncc(C#N)c12)N1CCN(C(=O)N2CCOCC2)CC1.